The number of hydrogen-bond donors (Lipinski definition) is 3. The molecule has 0 spiro atoms. The van der Waals surface area contributed by atoms with Gasteiger partial charge >= 0.3 is 19.8 Å². The van der Waals surface area contributed by atoms with Gasteiger partial charge in [0.05, 0.1) is 26.4 Å². The van der Waals surface area contributed by atoms with Crippen LogP contribution in [-0.2, 0) is 32.7 Å². The molecule has 0 aliphatic carbocycles. The third-order valence-corrected chi connectivity index (χ3v) is 10.6. The third kappa shape index (κ3) is 39.1. The van der Waals surface area contributed by atoms with Gasteiger partial charge in [0.15, 0.2) is 0 Å². The molecular weight excluding hydrogens is 719 g/mol. The predicted molar refractivity (Wildman–Crippen MR) is 224 cm³/mol. The second kappa shape index (κ2) is 40.6. The van der Waals surface area contributed by atoms with Gasteiger partial charge in [0.25, 0.3) is 0 Å². The van der Waals surface area contributed by atoms with Crippen LogP contribution in [0, 0.1) is 0 Å². The monoisotopic (exact) mass is 803 g/mol. The second-order valence-corrected chi connectivity index (χ2v) is 16.5. The maximum absolute atomic E-state index is 12.4. The van der Waals surface area contributed by atoms with Crippen molar-refractivity contribution in [3.63, 3.8) is 0 Å². The van der Waals surface area contributed by atoms with Gasteiger partial charge in [0, 0.05) is 12.8 Å². The number of hydrogen-bond acceptors (Lipinski definition) is 9. The van der Waals surface area contributed by atoms with Gasteiger partial charge in [0.1, 0.15) is 12.2 Å². The highest BCUT2D eigenvalue weighted by Crippen LogP contribution is 2.43. The summed E-state index contributed by atoms with van der Waals surface area (Å²) in [7, 11) is -4.64. The van der Waals surface area contributed by atoms with Crippen molar-refractivity contribution in [2.24, 2.45) is 0 Å². The van der Waals surface area contributed by atoms with Crippen molar-refractivity contribution in [3.8, 4) is 0 Å². The molecule has 0 aliphatic heterocycles. The largest absolute Gasteiger partial charge is 0.472 e. The SMILES string of the molecule is CCCCCCCC/C=C\CCCCCCCCCC(=O)OC(CO)COP(=O)(O)OCC(CO)OC(=O)CCCCCCC/C=C\CCCCCCCC. The molecular formula is C44H83O10P. The Morgan fingerprint density at radius 2 is 0.745 bits per heavy atom. The highest BCUT2D eigenvalue weighted by Gasteiger charge is 2.27. The first-order valence-electron chi connectivity index (χ1n) is 22.3. The van der Waals surface area contributed by atoms with Crippen molar-refractivity contribution in [1.29, 1.82) is 0 Å². The number of ether oxygens (including phenoxy) is 2. The van der Waals surface area contributed by atoms with E-state index in [2.05, 4.69) is 38.2 Å². The van der Waals surface area contributed by atoms with Gasteiger partial charge in [-0.2, -0.15) is 0 Å². The summed E-state index contributed by atoms with van der Waals surface area (Å²) in [6, 6.07) is 0. The summed E-state index contributed by atoms with van der Waals surface area (Å²) in [6.07, 6.45) is 40.0. The Hall–Kier alpha value is -1.55. The first kappa shape index (κ1) is 53.5. The van der Waals surface area contributed by atoms with Crippen molar-refractivity contribution in [2.75, 3.05) is 26.4 Å². The van der Waals surface area contributed by atoms with Gasteiger partial charge in [-0.1, -0.05) is 154 Å². The quantitative estimate of drug-likeness (QED) is 0.0236. The van der Waals surface area contributed by atoms with Crippen LogP contribution >= 0.6 is 7.82 Å². The van der Waals surface area contributed by atoms with E-state index in [9.17, 15) is 29.3 Å². The number of unbranched alkanes of at least 4 members (excludes halogenated alkanes) is 24. The zero-order chi connectivity index (χ0) is 40.5. The summed E-state index contributed by atoms with van der Waals surface area (Å²) in [5, 5.41) is 19.2. The molecule has 55 heavy (non-hydrogen) atoms. The van der Waals surface area contributed by atoms with Gasteiger partial charge in [-0.05, 0) is 64.2 Å². The van der Waals surface area contributed by atoms with E-state index < -0.39 is 58.4 Å². The van der Waals surface area contributed by atoms with E-state index in [1.54, 1.807) is 0 Å². The van der Waals surface area contributed by atoms with Crippen molar-refractivity contribution < 1.29 is 47.8 Å². The summed E-state index contributed by atoms with van der Waals surface area (Å²) in [5.41, 5.74) is 0. The Morgan fingerprint density at radius 1 is 0.473 bits per heavy atom. The van der Waals surface area contributed by atoms with Gasteiger partial charge in [0.2, 0.25) is 0 Å². The van der Waals surface area contributed by atoms with Crippen LogP contribution in [0.4, 0.5) is 0 Å². The standard InChI is InChI=1S/C44H83O10P/c1-3-5-7-9-11-13-15-17-19-20-22-24-26-28-30-32-34-36-44(48)54-42(38-46)40-52-55(49,50)51-39-41(37-45)53-43(47)35-33-31-29-27-25-23-21-18-16-14-12-10-8-6-4-2/h17-19,21,41-42,45-46H,3-16,20,22-40H2,1-2H3,(H,49,50)/b19-17-,21-18-. The molecule has 3 N–H and O–H groups in total. The molecule has 3 atom stereocenters. The van der Waals surface area contributed by atoms with Gasteiger partial charge in [-0.25, -0.2) is 4.57 Å². The Balaban J connectivity index is 3.92. The maximum Gasteiger partial charge on any atom is 0.472 e. The summed E-state index contributed by atoms with van der Waals surface area (Å²) >= 11 is 0. The van der Waals surface area contributed by atoms with E-state index in [1.807, 2.05) is 0 Å². The Kier molecular flexibility index (Phi) is 39.5. The first-order valence-corrected chi connectivity index (χ1v) is 23.8. The lowest BCUT2D eigenvalue weighted by Gasteiger charge is -2.20. The number of carbonyl (C=O) groups is 2. The molecule has 3 unspecified atom stereocenters. The molecule has 0 heterocycles. The van der Waals surface area contributed by atoms with E-state index >= 15 is 0 Å². The number of esters is 2. The highest BCUT2D eigenvalue weighted by atomic mass is 31.2. The molecule has 0 saturated carbocycles. The van der Waals surface area contributed by atoms with E-state index in [-0.39, 0.29) is 12.8 Å². The smallest absolute Gasteiger partial charge is 0.457 e. The summed E-state index contributed by atoms with van der Waals surface area (Å²) < 4.78 is 32.6. The van der Waals surface area contributed by atoms with Gasteiger partial charge < -0.3 is 24.6 Å². The number of allylic oxidation sites excluding steroid dienone is 4. The fourth-order valence-corrected chi connectivity index (χ4v) is 6.95. The number of aliphatic hydroxyl groups excluding tert-OH is 2. The Bertz CT molecular complexity index is 972. The number of aliphatic hydroxyl groups is 2. The molecule has 0 saturated heterocycles. The highest BCUT2D eigenvalue weighted by molar-refractivity contribution is 7.47. The van der Waals surface area contributed by atoms with Crippen LogP contribution < -0.4 is 0 Å². The molecule has 11 heteroatoms. The zero-order valence-electron chi connectivity index (χ0n) is 35.2. The van der Waals surface area contributed by atoms with Crippen LogP contribution in [0.1, 0.15) is 206 Å². The van der Waals surface area contributed by atoms with Crippen molar-refractivity contribution in [1.82, 2.24) is 0 Å². The minimum absolute atomic E-state index is 0.184. The topological polar surface area (TPSA) is 149 Å². The van der Waals surface area contributed by atoms with Crippen molar-refractivity contribution >= 4 is 19.8 Å². The van der Waals surface area contributed by atoms with Crippen LogP contribution in [0.2, 0.25) is 0 Å². The minimum Gasteiger partial charge on any atom is -0.457 e. The minimum atomic E-state index is -4.64. The maximum atomic E-state index is 12.4. The third-order valence-electron chi connectivity index (χ3n) is 9.64. The summed E-state index contributed by atoms with van der Waals surface area (Å²) in [4.78, 5) is 34.5. The molecule has 0 aromatic carbocycles. The van der Waals surface area contributed by atoms with E-state index in [0.29, 0.717) is 12.8 Å². The molecule has 0 aromatic heterocycles. The van der Waals surface area contributed by atoms with Crippen LogP contribution in [0.25, 0.3) is 0 Å². The van der Waals surface area contributed by atoms with E-state index in [1.165, 1.54) is 103 Å². The lowest BCUT2D eigenvalue weighted by Crippen LogP contribution is -2.28. The van der Waals surface area contributed by atoms with E-state index in [0.717, 1.165) is 64.2 Å². The lowest BCUT2D eigenvalue weighted by molar-refractivity contribution is -0.153. The van der Waals surface area contributed by atoms with Crippen LogP contribution in [0.3, 0.4) is 0 Å². The molecule has 0 amide bonds. The van der Waals surface area contributed by atoms with Crippen LogP contribution in [-0.4, -0.2) is 65.7 Å². The van der Waals surface area contributed by atoms with Gasteiger partial charge in [-0.3, -0.25) is 18.6 Å². The normalized spacial score (nSPS) is 14.1. The summed E-state index contributed by atoms with van der Waals surface area (Å²) in [6.45, 7) is 2.20. The lowest BCUT2D eigenvalue weighted by atomic mass is 10.1. The zero-order valence-corrected chi connectivity index (χ0v) is 36.0. The molecule has 0 aliphatic rings. The first-order chi connectivity index (χ1) is 26.8. The molecule has 0 aromatic rings. The number of carbonyl (C=O) groups excluding carboxylic acids is 2. The Morgan fingerprint density at radius 3 is 1.04 bits per heavy atom. The van der Waals surface area contributed by atoms with E-state index in [4.69, 9.17) is 18.5 Å². The molecule has 0 rings (SSSR count). The molecule has 0 bridgehead atoms. The second-order valence-electron chi connectivity index (χ2n) is 15.0. The number of rotatable bonds is 42. The van der Waals surface area contributed by atoms with Crippen molar-refractivity contribution in [3.05, 3.63) is 24.3 Å². The number of phosphoric ester groups is 1. The van der Waals surface area contributed by atoms with Crippen LogP contribution in [0.5, 0.6) is 0 Å². The molecule has 324 valence electrons. The van der Waals surface area contributed by atoms with Gasteiger partial charge in [-0.15, -0.1) is 0 Å². The number of phosphoric acid groups is 1. The summed E-state index contributed by atoms with van der Waals surface area (Å²) in [5.74, 6) is -1.03. The average Bonchev–Trinajstić information content (AvgIpc) is 3.17. The average molecular weight is 803 g/mol. The van der Waals surface area contributed by atoms with Crippen molar-refractivity contribution in [2.45, 2.75) is 219 Å². The fourth-order valence-electron chi connectivity index (χ4n) is 6.16. The fraction of sp³-hybridized carbons (Fsp3) is 0.864. The molecule has 0 radical (unpaired) electrons. The molecule has 10 nitrogen and oxygen atoms in total. The Labute approximate surface area is 336 Å². The predicted octanol–water partition coefficient (Wildman–Crippen LogP) is 11.8. The molecule has 0 fully saturated rings. The van der Waals surface area contributed by atoms with Crippen LogP contribution in [0.15, 0.2) is 24.3 Å².